The third-order valence-electron chi connectivity index (χ3n) is 14.8. The largest absolute Gasteiger partial charge is 0.472 e. The SMILES string of the molecule is CCCCC/C=C\C/C=C\C/C=C\C/C=C\CCCCCCCCCCCC(=O)OCC(O)COP(=O)(O)OCC(O)COP(=O)(O)OCC(COC(=O)CCCCCCC/C=C\C/C=C\CCCCC)OC(=O)CCCCCCC/C=C\C/C=C\CCCCC. The number of hydrogen-bond acceptors (Lipinski definition) is 14. The molecule has 4 N–H and O–H groups in total. The van der Waals surface area contributed by atoms with Crippen molar-refractivity contribution in [2.45, 2.75) is 309 Å². The molecule has 0 radical (unpaired) electrons. The maximum absolute atomic E-state index is 12.9. The van der Waals surface area contributed by atoms with Crippen LogP contribution >= 0.6 is 15.6 Å². The van der Waals surface area contributed by atoms with Gasteiger partial charge in [-0.15, -0.1) is 0 Å². The second kappa shape index (κ2) is 66.5. The van der Waals surface area contributed by atoms with Gasteiger partial charge in [-0.05, 0) is 128 Å². The predicted octanol–water partition coefficient (Wildman–Crippen LogP) is 19.9. The Morgan fingerprint density at radius 3 is 0.868 bits per heavy atom. The molecule has 5 atom stereocenters. The molecule has 0 saturated heterocycles. The normalized spacial score (nSPS) is 14.8. The summed E-state index contributed by atoms with van der Waals surface area (Å²) in [5.74, 6) is -1.61. The molecule has 0 amide bonds. The molecule has 0 bridgehead atoms. The summed E-state index contributed by atoms with van der Waals surface area (Å²) in [7, 11) is -9.78. The Labute approximate surface area is 552 Å². The highest BCUT2D eigenvalue weighted by molar-refractivity contribution is 7.47. The molecule has 0 saturated carbocycles. The monoisotopic (exact) mass is 1320 g/mol. The van der Waals surface area contributed by atoms with Crippen molar-refractivity contribution in [1.29, 1.82) is 0 Å². The molecule has 0 fully saturated rings. The van der Waals surface area contributed by atoms with Gasteiger partial charge in [-0.2, -0.15) is 0 Å². The highest BCUT2D eigenvalue weighted by Crippen LogP contribution is 2.45. The van der Waals surface area contributed by atoms with Crippen LogP contribution in [0.2, 0.25) is 0 Å². The molecular formula is C73H128O16P2. The Kier molecular flexibility index (Phi) is 63.9. The zero-order valence-electron chi connectivity index (χ0n) is 57.0. The summed E-state index contributed by atoms with van der Waals surface area (Å²) in [5, 5.41) is 20.6. The van der Waals surface area contributed by atoms with E-state index < -0.39 is 91.5 Å². The minimum Gasteiger partial charge on any atom is -0.463 e. The van der Waals surface area contributed by atoms with Crippen LogP contribution < -0.4 is 0 Å². The molecular weight excluding hydrogens is 1190 g/mol. The number of hydrogen-bond donors (Lipinski definition) is 4. The van der Waals surface area contributed by atoms with E-state index in [1.807, 2.05) is 0 Å². The zero-order chi connectivity index (χ0) is 66.7. The lowest BCUT2D eigenvalue weighted by molar-refractivity contribution is -0.161. The van der Waals surface area contributed by atoms with Gasteiger partial charge in [0.1, 0.15) is 25.4 Å². The maximum atomic E-state index is 12.9. The summed E-state index contributed by atoms with van der Waals surface area (Å²) >= 11 is 0. The van der Waals surface area contributed by atoms with Crippen LogP contribution in [0.4, 0.5) is 0 Å². The lowest BCUT2D eigenvalue weighted by Gasteiger charge is -2.21. The summed E-state index contributed by atoms with van der Waals surface area (Å²) in [5.41, 5.74) is 0. The highest BCUT2D eigenvalue weighted by atomic mass is 31.2. The first-order valence-electron chi connectivity index (χ1n) is 35.5. The Morgan fingerprint density at radius 1 is 0.308 bits per heavy atom. The molecule has 0 heterocycles. The molecule has 0 aliphatic carbocycles. The van der Waals surface area contributed by atoms with E-state index in [1.165, 1.54) is 89.9 Å². The van der Waals surface area contributed by atoms with Crippen LogP contribution in [-0.2, 0) is 55.8 Å². The number of ether oxygens (including phenoxy) is 3. The molecule has 91 heavy (non-hydrogen) atoms. The topological polar surface area (TPSA) is 231 Å². The van der Waals surface area contributed by atoms with Crippen molar-refractivity contribution in [1.82, 2.24) is 0 Å². The van der Waals surface area contributed by atoms with Gasteiger partial charge in [0.15, 0.2) is 6.10 Å². The van der Waals surface area contributed by atoms with Crippen LogP contribution in [0.5, 0.6) is 0 Å². The first-order valence-corrected chi connectivity index (χ1v) is 38.5. The number of phosphoric ester groups is 2. The van der Waals surface area contributed by atoms with Gasteiger partial charge in [0.2, 0.25) is 0 Å². The van der Waals surface area contributed by atoms with Gasteiger partial charge in [0.05, 0.1) is 26.4 Å². The van der Waals surface area contributed by atoms with E-state index >= 15 is 0 Å². The average Bonchev–Trinajstić information content (AvgIpc) is 3.08. The molecule has 18 heteroatoms. The fourth-order valence-electron chi connectivity index (χ4n) is 9.26. The van der Waals surface area contributed by atoms with Crippen molar-refractivity contribution < 1.29 is 75.8 Å². The lowest BCUT2D eigenvalue weighted by atomic mass is 10.1. The molecule has 526 valence electrons. The highest BCUT2D eigenvalue weighted by Gasteiger charge is 2.29. The molecule has 0 aromatic rings. The van der Waals surface area contributed by atoms with Crippen molar-refractivity contribution in [3.05, 3.63) is 97.2 Å². The van der Waals surface area contributed by atoms with E-state index in [-0.39, 0.29) is 19.3 Å². The quantitative estimate of drug-likeness (QED) is 0.0146. The number of carbonyl (C=O) groups excluding carboxylic acids is 3. The molecule has 16 nitrogen and oxygen atoms in total. The van der Waals surface area contributed by atoms with Gasteiger partial charge in [-0.25, -0.2) is 9.13 Å². The Morgan fingerprint density at radius 2 is 0.549 bits per heavy atom. The molecule has 0 aliphatic rings. The Hall–Kier alpha value is -3.53. The summed E-state index contributed by atoms with van der Waals surface area (Å²) in [4.78, 5) is 58.4. The van der Waals surface area contributed by atoms with Crippen molar-refractivity contribution in [2.24, 2.45) is 0 Å². The molecule has 0 spiro atoms. The second-order valence-corrected chi connectivity index (χ2v) is 26.6. The Balaban J connectivity index is 4.58. The number of carbonyl (C=O) groups is 3. The minimum absolute atomic E-state index is 0.0851. The minimum atomic E-state index is -4.93. The lowest BCUT2D eigenvalue weighted by Crippen LogP contribution is -2.30. The van der Waals surface area contributed by atoms with Crippen LogP contribution in [-0.4, -0.2) is 95.9 Å². The van der Waals surface area contributed by atoms with Gasteiger partial charge in [-0.1, -0.05) is 240 Å². The second-order valence-electron chi connectivity index (χ2n) is 23.7. The van der Waals surface area contributed by atoms with Gasteiger partial charge in [0, 0.05) is 19.3 Å². The van der Waals surface area contributed by atoms with Crippen LogP contribution in [0.25, 0.3) is 0 Å². The van der Waals surface area contributed by atoms with Gasteiger partial charge in [0.25, 0.3) is 0 Å². The number of rotatable bonds is 67. The van der Waals surface area contributed by atoms with Gasteiger partial charge < -0.3 is 34.2 Å². The van der Waals surface area contributed by atoms with Crippen LogP contribution in [0.1, 0.15) is 290 Å². The third-order valence-corrected chi connectivity index (χ3v) is 16.7. The predicted molar refractivity (Wildman–Crippen MR) is 371 cm³/mol. The molecule has 0 aromatic heterocycles. The number of allylic oxidation sites excluding steroid dienone is 16. The fraction of sp³-hybridized carbons (Fsp3) is 0.740. The van der Waals surface area contributed by atoms with Crippen molar-refractivity contribution >= 4 is 33.6 Å². The number of aliphatic hydroxyl groups is 2. The fourth-order valence-corrected chi connectivity index (χ4v) is 10.8. The molecule has 0 rings (SSSR count). The average molecular weight is 1320 g/mol. The van der Waals surface area contributed by atoms with E-state index in [1.54, 1.807) is 0 Å². The smallest absolute Gasteiger partial charge is 0.463 e. The van der Waals surface area contributed by atoms with Crippen molar-refractivity contribution in [3.63, 3.8) is 0 Å². The standard InChI is InChI=1S/C73H128O16P2/c1-4-7-10-13-16-19-22-25-28-29-30-31-32-33-34-35-36-37-40-42-44-47-50-53-56-59-71(76)83-62-68(74)63-85-90(79,80)86-64-69(75)65-87-91(81,82)88-67-70(89-73(78)61-58-55-52-49-46-43-39-27-24-21-18-15-12-9-6-3)66-84-72(77)60-57-54-51-48-45-41-38-26-23-20-17-14-11-8-5-2/h16-21,25-28,30-31,33-34,38-39,68-70,74-75H,4-15,22-24,29,32,35-37,40-67H2,1-3H3,(H,79,80)(H,81,82)/b19-16-,20-17-,21-18-,28-25-,31-30-,34-33-,38-26-,39-27-. The number of phosphoric acid groups is 2. The zero-order valence-corrected chi connectivity index (χ0v) is 58.8. The first kappa shape index (κ1) is 87.5. The summed E-state index contributed by atoms with van der Waals surface area (Å²) in [6, 6.07) is 0. The van der Waals surface area contributed by atoms with Crippen LogP contribution in [0.15, 0.2) is 97.2 Å². The van der Waals surface area contributed by atoms with E-state index in [4.69, 9.17) is 32.3 Å². The number of aliphatic hydroxyl groups excluding tert-OH is 2. The van der Waals surface area contributed by atoms with E-state index in [0.29, 0.717) is 19.3 Å². The summed E-state index contributed by atoms with van der Waals surface area (Å²) < 4.78 is 60.9. The van der Waals surface area contributed by atoms with Crippen LogP contribution in [0.3, 0.4) is 0 Å². The van der Waals surface area contributed by atoms with Crippen molar-refractivity contribution in [3.8, 4) is 0 Å². The summed E-state index contributed by atoms with van der Waals surface area (Å²) in [6.07, 6.45) is 73.1. The maximum Gasteiger partial charge on any atom is 0.472 e. The molecule has 0 aliphatic heterocycles. The van der Waals surface area contributed by atoms with E-state index in [0.717, 1.165) is 141 Å². The van der Waals surface area contributed by atoms with E-state index in [2.05, 4.69) is 118 Å². The Bertz CT molecular complexity index is 2050. The van der Waals surface area contributed by atoms with Crippen LogP contribution in [0, 0.1) is 0 Å². The number of esters is 3. The first-order chi connectivity index (χ1) is 44.2. The van der Waals surface area contributed by atoms with Gasteiger partial charge >= 0.3 is 33.6 Å². The molecule has 0 aromatic carbocycles. The van der Waals surface area contributed by atoms with E-state index in [9.17, 15) is 43.5 Å². The summed E-state index contributed by atoms with van der Waals surface area (Å²) in [6.45, 7) is 2.56. The van der Waals surface area contributed by atoms with Crippen molar-refractivity contribution in [2.75, 3.05) is 39.6 Å². The number of unbranched alkanes of at least 4 members (excludes halogenated alkanes) is 28. The third kappa shape index (κ3) is 67.7. The van der Waals surface area contributed by atoms with Gasteiger partial charge in [-0.3, -0.25) is 32.5 Å². The molecule has 5 unspecified atom stereocenters.